The van der Waals surface area contributed by atoms with Gasteiger partial charge in [-0.05, 0) is 31.7 Å². The lowest BCUT2D eigenvalue weighted by Crippen LogP contribution is -2.30. The quantitative estimate of drug-likeness (QED) is 0.869. The molecule has 6 heteroatoms. The van der Waals surface area contributed by atoms with Crippen LogP contribution >= 0.6 is 15.9 Å². The molecule has 2 aromatic rings. The maximum atomic E-state index is 11.6. The van der Waals surface area contributed by atoms with E-state index in [1.54, 1.807) is 11.1 Å². The Kier molecular flexibility index (Phi) is 5.14. The lowest BCUT2D eigenvalue weighted by atomic mass is 10.1. The summed E-state index contributed by atoms with van der Waals surface area (Å²) in [4.78, 5) is 13.4. The number of aromatic nitrogens is 2. The summed E-state index contributed by atoms with van der Waals surface area (Å²) in [5, 5.41) is 13.8. The van der Waals surface area contributed by atoms with Crippen LogP contribution in [-0.2, 0) is 17.9 Å². The first-order valence-electron chi connectivity index (χ1n) is 6.71. The van der Waals surface area contributed by atoms with E-state index in [9.17, 15) is 9.90 Å². The van der Waals surface area contributed by atoms with Crippen LogP contribution in [0.4, 0.5) is 0 Å². The molecule has 112 valence electrons. The van der Waals surface area contributed by atoms with E-state index < -0.39 is 12.0 Å². The molecule has 0 aliphatic rings. The topological polar surface area (TPSA) is 58.4 Å². The van der Waals surface area contributed by atoms with Crippen LogP contribution in [0.15, 0.2) is 41.1 Å². The summed E-state index contributed by atoms with van der Waals surface area (Å²) in [7, 11) is 1.81. The smallest absolute Gasteiger partial charge is 0.325 e. The van der Waals surface area contributed by atoms with Gasteiger partial charge in [0.05, 0.1) is 6.20 Å². The second-order valence-electron chi connectivity index (χ2n) is 4.92. The van der Waals surface area contributed by atoms with E-state index in [0.29, 0.717) is 6.54 Å². The van der Waals surface area contributed by atoms with E-state index in [-0.39, 0.29) is 0 Å². The standard InChI is InChI=1S/C15H18BrN3O2/c1-3-19-10-11(8-17-19)9-18(2)14(15(20)21)12-5-4-6-13(16)7-12/h4-8,10,14H,3,9H2,1-2H3,(H,20,21). The van der Waals surface area contributed by atoms with Crippen molar-refractivity contribution in [1.29, 1.82) is 0 Å². The highest BCUT2D eigenvalue weighted by Gasteiger charge is 2.25. The molecule has 1 aromatic carbocycles. The molecule has 0 saturated carbocycles. The van der Waals surface area contributed by atoms with Gasteiger partial charge in [0.1, 0.15) is 6.04 Å². The van der Waals surface area contributed by atoms with E-state index in [0.717, 1.165) is 22.1 Å². The number of benzene rings is 1. The van der Waals surface area contributed by atoms with Crippen molar-refractivity contribution >= 4 is 21.9 Å². The Labute approximate surface area is 132 Å². The molecule has 21 heavy (non-hydrogen) atoms. The second-order valence-corrected chi connectivity index (χ2v) is 5.83. The van der Waals surface area contributed by atoms with Crippen LogP contribution in [0.2, 0.25) is 0 Å². The normalized spacial score (nSPS) is 12.6. The van der Waals surface area contributed by atoms with Gasteiger partial charge in [-0.25, -0.2) is 0 Å². The minimum absolute atomic E-state index is 0.531. The predicted molar refractivity (Wildman–Crippen MR) is 83.9 cm³/mol. The van der Waals surface area contributed by atoms with Gasteiger partial charge in [0.15, 0.2) is 0 Å². The fourth-order valence-corrected chi connectivity index (χ4v) is 2.72. The monoisotopic (exact) mass is 351 g/mol. The fourth-order valence-electron chi connectivity index (χ4n) is 2.30. The Morgan fingerprint density at radius 3 is 2.86 bits per heavy atom. The van der Waals surface area contributed by atoms with Gasteiger partial charge in [0, 0.05) is 29.3 Å². The SMILES string of the molecule is CCn1cc(CN(C)C(C(=O)O)c2cccc(Br)c2)cn1. The number of aryl methyl sites for hydroxylation is 1. The Hall–Kier alpha value is -1.66. The number of carboxylic acids is 1. The van der Waals surface area contributed by atoms with Crippen LogP contribution in [0.5, 0.6) is 0 Å². The van der Waals surface area contributed by atoms with Crippen LogP contribution in [0.25, 0.3) is 0 Å². The number of carboxylic acid groups (broad SMARTS) is 1. The summed E-state index contributed by atoms with van der Waals surface area (Å²) < 4.78 is 2.70. The zero-order chi connectivity index (χ0) is 15.4. The summed E-state index contributed by atoms with van der Waals surface area (Å²) in [5.41, 5.74) is 1.75. The second kappa shape index (κ2) is 6.87. The van der Waals surface area contributed by atoms with Crippen molar-refractivity contribution in [3.8, 4) is 0 Å². The molecule has 1 atom stereocenters. The van der Waals surface area contributed by atoms with E-state index in [4.69, 9.17) is 0 Å². The highest BCUT2D eigenvalue weighted by molar-refractivity contribution is 9.10. The van der Waals surface area contributed by atoms with Crippen molar-refractivity contribution in [1.82, 2.24) is 14.7 Å². The van der Waals surface area contributed by atoms with Crippen molar-refractivity contribution in [2.75, 3.05) is 7.05 Å². The number of carbonyl (C=O) groups is 1. The van der Waals surface area contributed by atoms with Gasteiger partial charge in [-0.1, -0.05) is 28.1 Å². The molecule has 0 saturated heterocycles. The van der Waals surface area contributed by atoms with Crippen molar-refractivity contribution < 1.29 is 9.90 Å². The van der Waals surface area contributed by atoms with Gasteiger partial charge >= 0.3 is 5.97 Å². The first kappa shape index (κ1) is 15.7. The average molecular weight is 352 g/mol. The molecule has 0 radical (unpaired) electrons. The minimum Gasteiger partial charge on any atom is -0.480 e. The molecule has 1 heterocycles. The first-order valence-corrected chi connectivity index (χ1v) is 7.50. The average Bonchev–Trinajstić information content (AvgIpc) is 2.86. The summed E-state index contributed by atoms with van der Waals surface area (Å²) in [6, 6.07) is 6.71. The molecule has 1 aromatic heterocycles. The van der Waals surface area contributed by atoms with Gasteiger partial charge in [-0.2, -0.15) is 5.10 Å². The molecular formula is C15H18BrN3O2. The van der Waals surface area contributed by atoms with Crippen LogP contribution in [0.3, 0.4) is 0 Å². The zero-order valence-electron chi connectivity index (χ0n) is 12.0. The minimum atomic E-state index is -0.863. The molecular weight excluding hydrogens is 334 g/mol. The largest absolute Gasteiger partial charge is 0.480 e. The summed E-state index contributed by atoms with van der Waals surface area (Å²) in [6.45, 7) is 3.35. The summed E-state index contributed by atoms with van der Waals surface area (Å²) >= 11 is 3.38. The molecule has 1 N–H and O–H groups in total. The third kappa shape index (κ3) is 3.92. The Balaban J connectivity index is 2.19. The van der Waals surface area contributed by atoms with Crippen LogP contribution in [0.1, 0.15) is 24.1 Å². The zero-order valence-corrected chi connectivity index (χ0v) is 13.6. The lowest BCUT2D eigenvalue weighted by molar-refractivity contribution is -0.143. The summed E-state index contributed by atoms with van der Waals surface area (Å²) in [6.07, 6.45) is 3.72. The van der Waals surface area contributed by atoms with Gasteiger partial charge in [-0.3, -0.25) is 14.4 Å². The van der Waals surface area contributed by atoms with E-state index in [1.165, 1.54) is 0 Å². The third-order valence-electron chi connectivity index (χ3n) is 3.28. The number of hydrogen-bond donors (Lipinski definition) is 1. The number of nitrogens with zero attached hydrogens (tertiary/aromatic N) is 3. The molecule has 0 bridgehead atoms. The Morgan fingerprint density at radius 1 is 1.52 bits per heavy atom. The molecule has 5 nitrogen and oxygen atoms in total. The molecule has 0 aliphatic carbocycles. The van der Waals surface area contributed by atoms with Gasteiger partial charge in [0.25, 0.3) is 0 Å². The number of rotatable bonds is 6. The maximum absolute atomic E-state index is 11.6. The third-order valence-corrected chi connectivity index (χ3v) is 3.78. The highest BCUT2D eigenvalue weighted by Crippen LogP contribution is 2.24. The molecule has 0 spiro atoms. The fraction of sp³-hybridized carbons (Fsp3) is 0.333. The van der Waals surface area contributed by atoms with Crippen LogP contribution in [0, 0.1) is 0 Å². The van der Waals surface area contributed by atoms with Crippen LogP contribution < -0.4 is 0 Å². The highest BCUT2D eigenvalue weighted by atomic mass is 79.9. The van der Waals surface area contributed by atoms with Gasteiger partial charge in [0.2, 0.25) is 0 Å². The number of halogens is 1. The van der Waals surface area contributed by atoms with Crippen molar-refractivity contribution in [3.05, 3.63) is 52.3 Å². The number of likely N-dealkylation sites (N-methyl/N-ethyl adjacent to an activating group) is 1. The van der Waals surface area contributed by atoms with E-state index >= 15 is 0 Å². The van der Waals surface area contributed by atoms with Crippen molar-refractivity contribution in [3.63, 3.8) is 0 Å². The van der Waals surface area contributed by atoms with Crippen molar-refractivity contribution in [2.45, 2.75) is 26.1 Å². The van der Waals surface area contributed by atoms with E-state index in [1.807, 2.05) is 49.1 Å². The molecule has 0 aliphatic heterocycles. The maximum Gasteiger partial charge on any atom is 0.325 e. The number of aliphatic carboxylic acids is 1. The molecule has 2 rings (SSSR count). The Morgan fingerprint density at radius 2 is 2.29 bits per heavy atom. The number of hydrogen-bond acceptors (Lipinski definition) is 3. The molecule has 1 unspecified atom stereocenters. The first-order chi connectivity index (χ1) is 10.0. The van der Waals surface area contributed by atoms with Crippen molar-refractivity contribution in [2.24, 2.45) is 0 Å². The summed E-state index contributed by atoms with van der Waals surface area (Å²) in [5.74, 6) is -0.863. The predicted octanol–water partition coefficient (Wildman–Crippen LogP) is 2.92. The lowest BCUT2D eigenvalue weighted by Gasteiger charge is -2.24. The Bertz CT molecular complexity index is 627. The van der Waals surface area contributed by atoms with Gasteiger partial charge < -0.3 is 5.11 Å². The molecule has 0 amide bonds. The van der Waals surface area contributed by atoms with E-state index in [2.05, 4.69) is 21.0 Å². The molecule has 0 fully saturated rings. The van der Waals surface area contributed by atoms with Crippen LogP contribution in [-0.4, -0.2) is 32.8 Å². The van der Waals surface area contributed by atoms with Gasteiger partial charge in [-0.15, -0.1) is 0 Å².